The predicted octanol–water partition coefficient (Wildman–Crippen LogP) is 5.98. The average molecular weight is 549 g/mol. The van der Waals surface area contributed by atoms with E-state index < -0.39 is 23.0 Å². The summed E-state index contributed by atoms with van der Waals surface area (Å²) < 4.78 is 40.6. The van der Waals surface area contributed by atoms with E-state index in [1.54, 1.807) is 19.2 Å². The zero-order valence-corrected chi connectivity index (χ0v) is 21.3. The molecule has 0 fully saturated rings. The molecule has 0 radical (unpaired) electrons. The number of rotatable bonds is 6. The molecule has 3 aromatic heterocycles. The molecule has 0 aliphatic heterocycles. The Bertz CT molecular complexity index is 1790. The zero-order valence-electron chi connectivity index (χ0n) is 20.5. The van der Waals surface area contributed by atoms with E-state index in [1.807, 2.05) is 0 Å². The number of aryl methyl sites for hydroxylation is 1. The van der Waals surface area contributed by atoms with E-state index in [2.05, 4.69) is 15.3 Å². The summed E-state index contributed by atoms with van der Waals surface area (Å²) in [6.07, 6.45) is 4.27. The van der Waals surface area contributed by atoms with Crippen LogP contribution in [0.4, 0.5) is 14.5 Å². The van der Waals surface area contributed by atoms with Gasteiger partial charge < -0.3 is 19.4 Å². The third-order valence-corrected chi connectivity index (χ3v) is 6.30. The van der Waals surface area contributed by atoms with E-state index >= 15 is 0 Å². The SMILES string of the molecule is COc1cnc2c(Oc3ccc(NC(=O)c4cn(C)c(Cl)c(-c5ccc(F)cc5)c4=O)cc3F)ccnc2c1. The van der Waals surface area contributed by atoms with Gasteiger partial charge in [0.05, 0.1) is 24.4 Å². The Morgan fingerprint density at radius 3 is 2.51 bits per heavy atom. The lowest BCUT2D eigenvalue weighted by molar-refractivity contribution is 0.102. The minimum atomic E-state index is -0.776. The van der Waals surface area contributed by atoms with Crippen LogP contribution in [-0.4, -0.2) is 27.6 Å². The maximum atomic E-state index is 15.0. The summed E-state index contributed by atoms with van der Waals surface area (Å²) in [6.45, 7) is 0. The first-order chi connectivity index (χ1) is 18.7. The highest BCUT2D eigenvalue weighted by molar-refractivity contribution is 6.32. The molecule has 5 rings (SSSR count). The number of methoxy groups -OCH3 is 1. The molecule has 2 aromatic carbocycles. The number of carbonyl (C=O) groups is 1. The van der Waals surface area contributed by atoms with Crippen molar-refractivity contribution >= 4 is 34.2 Å². The highest BCUT2D eigenvalue weighted by Gasteiger charge is 2.20. The van der Waals surface area contributed by atoms with Gasteiger partial charge in [-0.25, -0.2) is 13.8 Å². The second-order valence-electron chi connectivity index (χ2n) is 8.41. The van der Waals surface area contributed by atoms with E-state index in [4.69, 9.17) is 21.1 Å². The monoisotopic (exact) mass is 548 g/mol. The van der Waals surface area contributed by atoms with Crippen LogP contribution >= 0.6 is 11.6 Å². The van der Waals surface area contributed by atoms with Crippen LogP contribution in [0.25, 0.3) is 22.2 Å². The van der Waals surface area contributed by atoms with Gasteiger partial charge >= 0.3 is 0 Å². The fraction of sp³-hybridized carbons (Fsp3) is 0.0714. The van der Waals surface area contributed by atoms with Crippen molar-refractivity contribution in [3.05, 3.63) is 106 Å². The van der Waals surface area contributed by atoms with Gasteiger partial charge in [-0.3, -0.25) is 14.6 Å². The van der Waals surface area contributed by atoms with E-state index in [1.165, 1.54) is 66.7 Å². The van der Waals surface area contributed by atoms with E-state index in [0.717, 1.165) is 6.07 Å². The van der Waals surface area contributed by atoms with Crippen LogP contribution in [-0.2, 0) is 7.05 Å². The van der Waals surface area contributed by atoms with Crippen molar-refractivity contribution in [2.24, 2.45) is 7.05 Å². The molecule has 0 saturated carbocycles. The number of anilines is 1. The smallest absolute Gasteiger partial charge is 0.261 e. The highest BCUT2D eigenvalue weighted by Crippen LogP contribution is 2.32. The maximum absolute atomic E-state index is 15.0. The van der Waals surface area contributed by atoms with Gasteiger partial charge in [0, 0.05) is 43.3 Å². The number of fused-ring (bicyclic) bond motifs is 1. The molecule has 11 heteroatoms. The first kappa shape index (κ1) is 25.8. The molecule has 8 nitrogen and oxygen atoms in total. The van der Waals surface area contributed by atoms with Gasteiger partial charge in [0.25, 0.3) is 5.91 Å². The molecule has 5 aromatic rings. The topological polar surface area (TPSA) is 95.3 Å². The van der Waals surface area contributed by atoms with Crippen LogP contribution in [0.15, 0.2) is 78.0 Å². The lowest BCUT2D eigenvalue weighted by atomic mass is 10.0. The highest BCUT2D eigenvalue weighted by atomic mass is 35.5. The zero-order chi connectivity index (χ0) is 27.7. The second-order valence-corrected chi connectivity index (χ2v) is 8.77. The summed E-state index contributed by atoms with van der Waals surface area (Å²) in [4.78, 5) is 34.7. The number of carbonyl (C=O) groups excluding carboxylic acids is 1. The number of hydrogen-bond acceptors (Lipinski definition) is 6. The van der Waals surface area contributed by atoms with E-state index in [-0.39, 0.29) is 33.5 Å². The molecule has 0 bridgehead atoms. The minimum absolute atomic E-state index is 0.0394. The van der Waals surface area contributed by atoms with Gasteiger partial charge in [0.1, 0.15) is 27.8 Å². The maximum Gasteiger partial charge on any atom is 0.261 e. The summed E-state index contributed by atoms with van der Waals surface area (Å²) in [5, 5.41) is 2.60. The van der Waals surface area contributed by atoms with Gasteiger partial charge in [-0.2, -0.15) is 0 Å². The molecule has 196 valence electrons. The van der Waals surface area contributed by atoms with Gasteiger partial charge in [-0.05, 0) is 29.8 Å². The number of benzene rings is 2. The summed E-state index contributed by atoms with van der Waals surface area (Å²) in [6, 6.07) is 12.2. The molecule has 0 aliphatic carbocycles. The first-order valence-corrected chi connectivity index (χ1v) is 11.9. The Balaban J connectivity index is 1.41. The van der Waals surface area contributed by atoms with E-state index in [9.17, 15) is 18.4 Å². The number of nitrogens with one attached hydrogen (secondary N) is 1. The van der Waals surface area contributed by atoms with Crippen molar-refractivity contribution in [2.45, 2.75) is 0 Å². The minimum Gasteiger partial charge on any atom is -0.495 e. The Labute approximate surface area is 225 Å². The van der Waals surface area contributed by atoms with Crippen molar-refractivity contribution in [3.63, 3.8) is 0 Å². The summed E-state index contributed by atoms with van der Waals surface area (Å²) in [5.74, 6) is -1.35. The van der Waals surface area contributed by atoms with E-state index in [0.29, 0.717) is 22.3 Å². The Morgan fingerprint density at radius 1 is 1.03 bits per heavy atom. The van der Waals surface area contributed by atoms with Gasteiger partial charge in [-0.1, -0.05) is 23.7 Å². The Hall–Kier alpha value is -4.83. The number of halogens is 3. The quantitative estimate of drug-likeness (QED) is 0.262. The molecule has 39 heavy (non-hydrogen) atoms. The lowest BCUT2D eigenvalue weighted by Gasteiger charge is -2.13. The third-order valence-electron chi connectivity index (χ3n) is 5.85. The molecule has 0 saturated heterocycles. The summed E-state index contributed by atoms with van der Waals surface area (Å²) in [5.41, 5.74) is 0.500. The standard InChI is InChI=1S/C28H19ClF2N4O4/c1-35-14-19(26(36)24(27(35)29)15-3-5-16(30)6-4-15)28(37)34-17-7-8-22(20(31)11-17)39-23-9-10-32-21-12-18(38-2)13-33-25(21)23/h3-14H,1-2H3,(H,34,37). The summed E-state index contributed by atoms with van der Waals surface area (Å²) in [7, 11) is 3.07. The van der Waals surface area contributed by atoms with Crippen LogP contribution in [0, 0.1) is 11.6 Å². The normalized spacial score (nSPS) is 10.9. The molecule has 0 unspecified atom stereocenters. The number of hydrogen-bond donors (Lipinski definition) is 1. The molecule has 1 amide bonds. The molecule has 0 atom stereocenters. The number of amides is 1. The summed E-state index contributed by atoms with van der Waals surface area (Å²) >= 11 is 6.33. The molecular formula is C28H19ClF2N4O4. The molecule has 1 N–H and O–H groups in total. The van der Waals surface area contributed by atoms with Crippen LogP contribution in [0.2, 0.25) is 5.15 Å². The van der Waals surface area contributed by atoms with Crippen molar-refractivity contribution in [2.75, 3.05) is 12.4 Å². The lowest BCUT2D eigenvalue weighted by Crippen LogP contribution is -2.25. The largest absolute Gasteiger partial charge is 0.495 e. The van der Waals surface area contributed by atoms with Crippen LogP contribution in [0.3, 0.4) is 0 Å². The van der Waals surface area contributed by atoms with Gasteiger partial charge in [0.15, 0.2) is 17.3 Å². The van der Waals surface area contributed by atoms with Gasteiger partial charge in [0.2, 0.25) is 5.43 Å². The van der Waals surface area contributed by atoms with Crippen LogP contribution < -0.4 is 20.2 Å². The third kappa shape index (κ3) is 5.14. The first-order valence-electron chi connectivity index (χ1n) is 11.5. The predicted molar refractivity (Wildman–Crippen MR) is 143 cm³/mol. The molecule has 0 spiro atoms. The van der Waals surface area contributed by atoms with Gasteiger partial charge in [-0.15, -0.1) is 0 Å². The fourth-order valence-corrected chi connectivity index (χ4v) is 4.15. The number of ether oxygens (including phenoxy) is 2. The molecule has 0 aliphatic rings. The Morgan fingerprint density at radius 2 is 1.79 bits per heavy atom. The fourth-order valence-electron chi connectivity index (χ4n) is 3.90. The van der Waals surface area contributed by atoms with Crippen molar-refractivity contribution < 1.29 is 23.0 Å². The van der Waals surface area contributed by atoms with Crippen LogP contribution in [0.5, 0.6) is 17.2 Å². The number of aromatic nitrogens is 3. The Kier molecular flexibility index (Phi) is 6.95. The number of pyridine rings is 3. The van der Waals surface area contributed by atoms with Crippen LogP contribution in [0.1, 0.15) is 10.4 Å². The number of nitrogens with zero attached hydrogens (tertiary/aromatic N) is 3. The molecular weight excluding hydrogens is 530 g/mol. The average Bonchev–Trinajstić information content (AvgIpc) is 2.93. The van der Waals surface area contributed by atoms with Crippen molar-refractivity contribution in [3.8, 4) is 28.4 Å². The molecule has 3 heterocycles. The van der Waals surface area contributed by atoms with Crippen molar-refractivity contribution in [1.82, 2.24) is 14.5 Å². The second kappa shape index (κ2) is 10.5. The van der Waals surface area contributed by atoms with Crippen molar-refractivity contribution in [1.29, 1.82) is 0 Å².